The van der Waals surface area contributed by atoms with Crippen LogP contribution in [0.3, 0.4) is 0 Å². The number of hydrogen-bond donors (Lipinski definition) is 1. The van der Waals surface area contributed by atoms with Gasteiger partial charge in [0.2, 0.25) is 0 Å². The van der Waals surface area contributed by atoms with Crippen LogP contribution in [0, 0.1) is 10.1 Å². The molecule has 0 unspecified atom stereocenters. The van der Waals surface area contributed by atoms with Crippen molar-refractivity contribution in [2.75, 3.05) is 5.43 Å². The van der Waals surface area contributed by atoms with E-state index in [1.807, 2.05) is 0 Å². The van der Waals surface area contributed by atoms with E-state index in [0.29, 0.717) is 23.1 Å². The molecule has 0 atom stereocenters. The van der Waals surface area contributed by atoms with Gasteiger partial charge >= 0.3 is 59.1 Å². The molecule has 0 spiro atoms. The molecular formula is C18H12N6Na2O8S2. The number of nitrogens with one attached hydrogen (secondary N) is 1. The van der Waals surface area contributed by atoms with Crippen LogP contribution in [0.25, 0.3) is 0 Å². The third kappa shape index (κ3) is 9.07. The minimum atomic E-state index is -5.03. The van der Waals surface area contributed by atoms with E-state index in [9.17, 15) is 36.1 Å². The van der Waals surface area contributed by atoms with Crippen molar-refractivity contribution in [3.63, 3.8) is 0 Å². The van der Waals surface area contributed by atoms with Crippen molar-refractivity contribution in [1.82, 2.24) is 0 Å². The molecule has 3 aromatic rings. The molecule has 176 valence electrons. The number of nitrogens with zero attached hydrogens (tertiary/aromatic N) is 5. The quantitative estimate of drug-likeness (QED) is 0.107. The molecule has 0 amide bonds. The number of nitro benzene ring substituents is 1. The Balaban J connectivity index is 0.00000324. The molecule has 0 bridgehead atoms. The van der Waals surface area contributed by atoms with Gasteiger partial charge in [0.25, 0.3) is 5.69 Å². The second-order valence-electron chi connectivity index (χ2n) is 6.37. The molecule has 0 heterocycles. The standard InChI is InChI=1S/C18H14N6O8S2.2Na/c25-24(26)15-7-10-17(18(11-15)34(30,31)32)22-23-21-14-3-1-12(2-4-14)19-20-13-5-8-16(9-6-13)33(27,28)29;;/h1-11H,(H,21,22)(H,27,28,29)(H,30,31,32);;/q;2*+1/p-2. The Morgan fingerprint density at radius 2 is 1.25 bits per heavy atom. The van der Waals surface area contributed by atoms with Gasteiger partial charge in [-0.15, -0.1) is 5.11 Å². The van der Waals surface area contributed by atoms with Crippen LogP contribution in [-0.2, 0) is 20.2 Å². The van der Waals surface area contributed by atoms with Gasteiger partial charge in [0.15, 0.2) is 0 Å². The van der Waals surface area contributed by atoms with Gasteiger partial charge in [-0.05, 0) is 54.6 Å². The number of non-ortho nitro benzene ring substituents is 1. The Kier molecular flexibility index (Phi) is 11.9. The van der Waals surface area contributed by atoms with Gasteiger partial charge < -0.3 is 9.11 Å². The van der Waals surface area contributed by atoms with Gasteiger partial charge in [-0.25, -0.2) is 16.8 Å². The summed E-state index contributed by atoms with van der Waals surface area (Å²) in [5, 5.41) is 25.8. The first-order chi connectivity index (χ1) is 15.9. The van der Waals surface area contributed by atoms with Crippen molar-refractivity contribution < 1.29 is 90.0 Å². The van der Waals surface area contributed by atoms with Crippen molar-refractivity contribution in [1.29, 1.82) is 0 Å². The van der Waals surface area contributed by atoms with Gasteiger partial charge in [0, 0.05) is 12.1 Å². The van der Waals surface area contributed by atoms with E-state index >= 15 is 0 Å². The van der Waals surface area contributed by atoms with Gasteiger partial charge in [-0.3, -0.25) is 15.5 Å². The topological polar surface area (TPSA) is 219 Å². The maximum absolute atomic E-state index is 11.4. The Labute approximate surface area is 249 Å². The van der Waals surface area contributed by atoms with Crippen LogP contribution in [0.1, 0.15) is 0 Å². The first-order valence-electron chi connectivity index (χ1n) is 8.92. The summed E-state index contributed by atoms with van der Waals surface area (Å²) in [5.74, 6) is 0. The summed E-state index contributed by atoms with van der Waals surface area (Å²) in [6.45, 7) is 0. The number of nitro groups is 1. The zero-order chi connectivity index (χ0) is 24.9. The van der Waals surface area contributed by atoms with E-state index in [0.717, 1.165) is 24.3 Å². The SMILES string of the molecule is O=[N+]([O-])c1ccc(N=NNc2ccc(N=Nc3ccc(S(=O)(=O)[O-])cc3)cc2)c(S(=O)(=O)[O-])c1.[Na+].[Na+]. The smallest absolute Gasteiger partial charge is 0.744 e. The normalized spacial score (nSPS) is 11.6. The second kappa shape index (κ2) is 13.4. The van der Waals surface area contributed by atoms with E-state index < -0.39 is 35.7 Å². The van der Waals surface area contributed by atoms with Crippen LogP contribution in [0.4, 0.5) is 28.4 Å². The van der Waals surface area contributed by atoms with E-state index in [1.165, 1.54) is 36.4 Å². The summed E-state index contributed by atoms with van der Waals surface area (Å²) in [5.41, 5.74) is 2.67. The number of benzene rings is 3. The number of rotatable bonds is 8. The molecule has 3 rings (SSSR count). The summed E-state index contributed by atoms with van der Waals surface area (Å²) in [7, 11) is -9.58. The van der Waals surface area contributed by atoms with Crippen LogP contribution in [-0.4, -0.2) is 30.9 Å². The van der Waals surface area contributed by atoms with E-state index in [2.05, 4.69) is 26.0 Å². The van der Waals surface area contributed by atoms with Crippen molar-refractivity contribution in [3.05, 3.63) is 76.8 Å². The third-order valence-corrected chi connectivity index (χ3v) is 5.75. The fourth-order valence-corrected chi connectivity index (χ4v) is 3.53. The average Bonchev–Trinajstić information content (AvgIpc) is 2.77. The fraction of sp³-hybridized carbons (Fsp3) is 0. The van der Waals surface area contributed by atoms with Crippen molar-refractivity contribution in [3.8, 4) is 0 Å². The van der Waals surface area contributed by atoms with E-state index in [1.54, 1.807) is 0 Å². The Bertz CT molecular complexity index is 1500. The molecule has 3 aromatic carbocycles. The number of hydrogen-bond acceptors (Lipinski definition) is 12. The summed E-state index contributed by atoms with van der Waals surface area (Å²) in [6.07, 6.45) is 0. The minimum Gasteiger partial charge on any atom is -0.744 e. The number of azo groups is 1. The van der Waals surface area contributed by atoms with E-state index in [-0.39, 0.29) is 69.7 Å². The Morgan fingerprint density at radius 3 is 1.72 bits per heavy atom. The first kappa shape index (κ1) is 31.9. The molecule has 0 aliphatic heterocycles. The summed E-state index contributed by atoms with van der Waals surface area (Å²) < 4.78 is 66.8. The van der Waals surface area contributed by atoms with Crippen molar-refractivity contribution in [2.45, 2.75) is 9.79 Å². The minimum absolute atomic E-state index is 0. The first-order valence-corrected chi connectivity index (χ1v) is 11.7. The van der Waals surface area contributed by atoms with Gasteiger partial charge in [-0.1, -0.05) is 5.22 Å². The third-order valence-electron chi connectivity index (χ3n) is 4.03. The molecule has 36 heavy (non-hydrogen) atoms. The molecule has 0 fully saturated rings. The van der Waals surface area contributed by atoms with Crippen LogP contribution < -0.4 is 64.5 Å². The second-order valence-corrected chi connectivity index (χ2v) is 9.10. The van der Waals surface area contributed by atoms with Crippen LogP contribution in [0.2, 0.25) is 0 Å². The molecule has 0 aliphatic rings. The number of anilines is 1. The molecular weight excluding hydrogens is 538 g/mol. The molecule has 0 saturated carbocycles. The monoisotopic (exact) mass is 550 g/mol. The summed E-state index contributed by atoms with van der Waals surface area (Å²) in [6, 6.07) is 13.6. The fourth-order valence-electron chi connectivity index (χ4n) is 2.43. The predicted octanol–water partition coefficient (Wildman–Crippen LogP) is -2.06. The van der Waals surface area contributed by atoms with Gasteiger partial charge in [-0.2, -0.15) is 10.2 Å². The molecule has 18 heteroatoms. The van der Waals surface area contributed by atoms with Gasteiger partial charge in [0.1, 0.15) is 25.9 Å². The Hall–Kier alpha value is -2.12. The van der Waals surface area contributed by atoms with Crippen molar-refractivity contribution in [2.24, 2.45) is 20.6 Å². The molecule has 0 aromatic heterocycles. The zero-order valence-corrected chi connectivity index (χ0v) is 24.3. The summed E-state index contributed by atoms with van der Waals surface area (Å²) in [4.78, 5) is 8.67. The van der Waals surface area contributed by atoms with Crippen LogP contribution >= 0.6 is 0 Å². The molecule has 0 aliphatic carbocycles. The van der Waals surface area contributed by atoms with Crippen LogP contribution in [0.5, 0.6) is 0 Å². The van der Waals surface area contributed by atoms with Gasteiger partial charge in [0.05, 0.1) is 31.8 Å². The Morgan fingerprint density at radius 1 is 0.722 bits per heavy atom. The molecule has 0 radical (unpaired) electrons. The maximum Gasteiger partial charge on any atom is 1.00 e. The zero-order valence-electron chi connectivity index (χ0n) is 18.7. The summed E-state index contributed by atoms with van der Waals surface area (Å²) >= 11 is 0. The molecule has 0 saturated heterocycles. The van der Waals surface area contributed by atoms with Crippen LogP contribution in [0.15, 0.2) is 97.1 Å². The average molecular weight is 550 g/mol. The maximum atomic E-state index is 11.4. The van der Waals surface area contributed by atoms with Crippen molar-refractivity contribution >= 4 is 48.7 Å². The predicted molar refractivity (Wildman–Crippen MR) is 114 cm³/mol. The molecule has 1 N–H and O–H groups in total. The van der Waals surface area contributed by atoms with E-state index in [4.69, 9.17) is 0 Å². The molecule has 14 nitrogen and oxygen atoms in total. The largest absolute Gasteiger partial charge is 1.00 e.